The van der Waals surface area contributed by atoms with Gasteiger partial charge < -0.3 is 10.1 Å². The topological polar surface area (TPSA) is 34.1 Å². The van der Waals surface area contributed by atoms with Gasteiger partial charge in [0.15, 0.2) is 0 Å². The fourth-order valence-electron chi connectivity index (χ4n) is 2.39. The number of hydrogen-bond acceptors (Lipinski definition) is 4. The lowest BCUT2D eigenvalue weighted by Crippen LogP contribution is -2.29. The molecule has 0 aliphatic heterocycles. The summed E-state index contributed by atoms with van der Waals surface area (Å²) < 4.78 is 5.46. The minimum atomic E-state index is 0.553. The zero-order chi connectivity index (χ0) is 13.0. The lowest BCUT2D eigenvalue weighted by molar-refractivity contribution is 0.133. The van der Waals surface area contributed by atoms with Gasteiger partial charge in [-0.15, -0.1) is 11.3 Å². The predicted molar refractivity (Wildman–Crippen MR) is 76.3 cm³/mol. The first-order chi connectivity index (χ1) is 8.70. The number of rotatable bonds is 6. The first-order valence-corrected chi connectivity index (χ1v) is 7.82. The molecule has 0 saturated heterocycles. The molecule has 1 aromatic heterocycles. The van der Waals surface area contributed by atoms with E-state index in [4.69, 9.17) is 9.72 Å². The van der Waals surface area contributed by atoms with Crippen LogP contribution in [0.15, 0.2) is 0 Å². The molecule has 1 N–H and O–H groups in total. The van der Waals surface area contributed by atoms with Crippen LogP contribution in [0.3, 0.4) is 0 Å². The number of thiazole rings is 1. The highest BCUT2D eigenvalue weighted by atomic mass is 32.1. The largest absolute Gasteiger partial charge is 0.375 e. The van der Waals surface area contributed by atoms with Crippen molar-refractivity contribution in [3.05, 3.63) is 15.6 Å². The summed E-state index contributed by atoms with van der Waals surface area (Å²) in [5.41, 5.74) is 1.34. The predicted octanol–water partition coefficient (Wildman–Crippen LogP) is 3.10. The Morgan fingerprint density at radius 2 is 2.33 bits per heavy atom. The number of fused-ring (bicyclic) bond motifs is 1. The van der Waals surface area contributed by atoms with Crippen molar-refractivity contribution in [3.63, 3.8) is 0 Å². The third-order valence-electron chi connectivity index (χ3n) is 3.32. The van der Waals surface area contributed by atoms with Crippen LogP contribution in [-0.2, 0) is 17.8 Å². The van der Waals surface area contributed by atoms with Crippen LogP contribution >= 0.6 is 11.3 Å². The zero-order valence-corrected chi connectivity index (χ0v) is 12.5. The van der Waals surface area contributed by atoms with Gasteiger partial charge >= 0.3 is 0 Å². The number of nitrogens with zero attached hydrogens (tertiary/aromatic N) is 1. The molecule has 1 aliphatic carbocycles. The van der Waals surface area contributed by atoms with Crippen molar-refractivity contribution in [2.75, 3.05) is 13.2 Å². The minimum absolute atomic E-state index is 0.553. The van der Waals surface area contributed by atoms with E-state index in [-0.39, 0.29) is 0 Å². The van der Waals surface area contributed by atoms with Gasteiger partial charge in [0.2, 0.25) is 0 Å². The highest BCUT2D eigenvalue weighted by molar-refractivity contribution is 7.11. The second-order valence-corrected chi connectivity index (χ2v) is 6.37. The van der Waals surface area contributed by atoms with Gasteiger partial charge in [0.05, 0.1) is 12.3 Å². The summed E-state index contributed by atoms with van der Waals surface area (Å²) >= 11 is 1.85. The quantitative estimate of drug-likeness (QED) is 0.861. The number of nitrogens with one attached hydrogen (secondary N) is 1. The third kappa shape index (κ3) is 3.53. The zero-order valence-electron chi connectivity index (χ0n) is 11.7. The maximum Gasteiger partial charge on any atom is 0.119 e. The van der Waals surface area contributed by atoms with E-state index in [2.05, 4.69) is 19.2 Å². The molecule has 0 radical (unpaired) electrons. The summed E-state index contributed by atoms with van der Waals surface area (Å²) in [6.07, 6.45) is 3.77. The molecular formula is C14H24N2OS. The van der Waals surface area contributed by atoms with Gasteiger partial charge in [-0.1, -0.05) is 13.8 Å². The summed E-state index contributed by atoms with van der Waals surface area (Å²) in [6.45, 7) is 8.93. The van der Waals surface area contributed by atoms with E-state index in [1.54, 1.807) is 0 Å². The van der Waals surface area contributed by atoms with Crippen LogP contribution in [0, 0.1) is 0 Å². The number of hydrogen-bond donors (Lipinski definition) is 1. The highest BCUT2D eigenvalue weighted by Gasteiger charge is 2.24. The second-order valence-electron chi connectivity index (χ2n) is 5.21. The van der Waals surface area contributed by atoms with E-state index in [9.17, 15) is 0 Å². The molecule has 0 amide bonds. The van der Waals surface area contributed by atoms with Crippen LogP contribution in [0.1, 0.15) is 55.1 Å². The van der Waals surface area contributed by atoms with E-state index in [1.165, 1.54) is 29.8 Å². The van der Waals surface area contributed by atoms with Crippen LogP contribution in [0.4, 0.5) is 0 Å². The van der Waals surface area contributed by atoms with Crippen molar-refractivity contribution in [1.29, 1.82) is 0 Å². The summed E-state index contributed by atoms with van der Waals surface area (Å²) in [5, 5.41) is 4.69. The second kappa shape index (κ2) is 6.64. The Kier molecular flexibility index (Phi) is 5.15. The molecule has 2 rings (SSSR count). The molecule has 1 atom stereocenters. The number of ether oxygens (including phenoxy) is 1. The molecule has 4 heteroatoms. The van der Waals surface area contributed by atoms with Gasteiger partial charge in [0, 0.05) is 30.0 Å². The molecule has 1 heterocycles. The molecule has 102 valence electrons. The van der Waals surface area contributed by atoms with Crippen molar-refractivity contribution >= 4 is 11.3 Å². The lowest BCUT2D eigenvalue weighted by atomic mass is 9.91. The van der Waals surface area contributed by atoms with Crippen molar-refractivity contribution in [1.82, 2.24) is 10.3 Å². The average Bonchev–Trinajstić information content (AvgIpc) is 2.76. The standard InChI is InChI=1S/C14H24N2OS/c1-4-17-9-13-16-14-11(8-15-10(2)3)6-5-7-12(14)18-13/h10-11,15H,4-9H2,1-3H3. The van der Waals surface area contributed by atoms with Crippen molar-refractivity contribution in [2.45, 2.75) is 58.6 Å². The van der Waals surface area contributed by atoms with Crippen molar-refractivity contribution in [2.24, 2.45) is 0 Å². The third-order valence-corrected chi connectivity index (χ3v) is 4.42. The summed E-state index contributed by atoms with van der Waals surface area (Å²) in [4.78, 5) is 6.29. The highest BCUT2D eigenvalue weighted by Crippen LogP contribution is 2.34. The van der Waals surface area contributed by atoms with Gasteiger partial charge in [0.25, 0.3) is 0 Å². The molecule has 1 aromatic rings. The van der Waals surface area contributed by atoms with Crippen LogP contribution in [0.25, 0.3) is 0 Å². The number of aromatic nitrogens is 1. The van der Waals surface area contributed by atoms with Crippen LogP contribution in [0.5, 0.6) is 0 Å². The van der Waals surface area contributed by atoms with Crippen molar-refractivity contribution in [3.8, 4) is 0 Å². The summed E-state index contributed by atoms with van der Waals surface area (Å²) in [5.74, 6) is 0.600. The molecule has 0 fully saturated rings. The maximum atomic E-state index is 5.46. The number of aryl methyl sites for hydroxylation is 1. The Morgan fingerprint density at radius 1 is 1.50 bits per heavy atom. The van der Waals surface area contributed by atoms with E-state index in [0.29, 0.717) is 18.6 Å². The van der Waals surface area contributed by atoms with Gasteiger partial charge in [-0.3, -0.25) is 0 Å². The molecule has 3 nitrogen and oxygen atoms in total. The monoisotopic (exact) mass is 268 g/mol. The first-order valence-electron chi connectivity index (χ1n) is 7.00. The Morgan fingerprint density at radius 3 is 3.06 bits per heavy atom. The first kappa shape index (κ1) is 14.0. The summed E-state index contributed by atoms with van der Waals surface area (Å²) in [6, 6.07) is 0.553. The summed E-state index contributed by atoms with van der Waals surface area (Å²) in [7, 11) is 0. The molecule has 1 aliphatic rings. The minimum Gasteiger partial charge on any atom is -0.375 e. The van der Waals surface area contributed by atoms with Gasteiger partial charge in [-0.2, -0.15) is 0 Å². The molecule has 0 aromatic carbocycles. The fraction of sp³-hybridized carbons (Fsp3) is 0.786. The van der Waals surface area contributed by atoms with E-state index in [0.717, 1.165) is 18.2 Å². The Hall–Kier alpha value is -0.450. The van der Waals surface area contributed by atoms with E-state index < -0.39 is 0 Å². The Balaban J connectivity index is 2.03. The van der Waals surface area contributed by atoms with Gasteiger partial charge in [-0.25, -0.2) is 4.98 Å². The van der Waals surface area contributed by atoms with Gasteiger partial charge in [0.1, 0.15) is 5.01 Å². The molecule has 0 saturated carbocycles. The molecular weight excluding hydrogens is 244 g/mol. The van der Waals surface area contributed by atoms with Crippen LogP contribution in [-0.4, -0.2) is 24.2 Å². The average molecular weight is 268 g/mol. The van der Waals surface area contributed by atoms with Gasteiger partial charge in [-0.05, 0) is 26.2 Å². The van der Waals surface area contributed by atoms with Crippen LogP contribution in [0.2, 0.25) is 0 Å². The van der Waals surface area contributed by atoms with E-state index in [1.807, 2.05) is 18.3 Å². The Bertz CT molecular complexity index is 376. The van der Waals surface area contributed by atoms with E-state index >= 15 is 0 Å². The maximum absolute atomic E-state index is 5.46. The normalized spacial score (nSPS) is 19.2. The molecule has 1 unspecified atom stereocenters. The SMILES string of the molecule is CCOCc1nc2c(s1)CCCC2CNC(C)C. The lowest BCUT2D eigenvalue weighted by Gasteiger charge is -2.22. The smallest absolute Gasteiger partial charge is 0.119 e. The van der Waals surface area contributed by atoms with Crippen molar-refractivity contribution < 1.29 is 4.74 Å². The fourth-order valence-corrected chi connectivity index (χ4v) is 3.52. The molecule has 0 bridgehead atoms. The molecule has 18 heavy (non-hydrogen) atoms. The Labute approximate surface area is 114 Å². The van der Waals surface area contributed by atoms with Crippen LogP contribution < -0.4 is 5.32 Å². The molecule has 0 spiro atoms.